The molecular formula is C16H11ClN2O4. The van der Waals surface area contributed by atoms with Gasteiger partial charge in [-0.15, -0.1) is 0 Å². The number of carboxylic acids is 1. The van der Waals surface area contributed by atoms with Gasteiger partial charge >= 0.3 is 11.7 Å². The minimum atomic E-state index is -1.05. The van der Waals surface area contributed by atoms with Crippen molar-refractivity contribution in [3.8, 4) is 0 Å². The van der Waals surface area contributed by atoms with Gasteiger partial charge in [0.25, 0.3) is 5.56 Å². The van der Waals surface area contributed by atoms with Crippen molar-refractivity contribution in [2.24, 2.45) is 0 Å². The molecule has 0 aliphatic heterocycles. The van der Waals surface area contributed by atoms with Crippen LogP contribution in [-0.2, 0) is 6.54 Å². The molecule has 0 atom stereocenters. The van der Waals surface area contributed by atoms with E-state index in [1.807, 2.05) is 0 Å². The van der Waals surface area contributed by atoms with Crippen LogP contribution >= 0.6 is 11.6 Å². The first kappa shape index (κ1) is 15.1. The van der Waals surface area contributed by atoms with Gasteiger partial charge in [0.05, 0.1) is 23.0 Å². The lowest BCUT2D eigenvalue weighted by Gasteiger charge is -2.10. The number of fused-ring (bicyclic) bond motifs is 1. The molecule has 0 aliphatic carbocycles. The number of hydrogen-bond donors (Lipinski definition) is 2. The summed E-state index contributed by atoms with van der Waals surface area (Å²) in [6.45, 7) is 0.119. The Morgan fingerprint density at radius 2 is 1.96 bits per heavy atom. The standard InChI is InChI=1S/C16H11ClN2O4/c17-11-4-5-12-13(7-11)19(16(23)18-14(12)20)8-9-2-1-3-10(6-9)15(21)22/h1-7H,8H2,(H,21,22)(H,18,20,23). The van der Waals surface area contributed by atoms with E-state index in [0.29, 0.717) is 21.5 Å². The molecule has 1 heterocycles. The van der Waals surface area contributed by atoms with E-state index < -0.39 is 17.2 Å². The molecule has 1 aromatic heterocycles. The number of halogens is 1. The topological polar surface area (TPSA) is 92.2 Å². The zero-order chi connectivity index (χ0) is 16.6. The number of aromatic amines is 1. The van der Waals surface area contributed by atoms with Crippen molar-refractivity contribution in [3.63, 3.8) is 0 Å². The summed E-state index contributed by atoms with van der Waals surface area (Å²) in [7, 11) is 0. The zero-order valence-corrected chi connectivity index (χ0v) is 12.5. The van der Waals surface area contributed by atoms with Crippen LogP contribution in [0.25, 0.3) is 10.9 Å². The van der Waals surface area contributed by atoms with Crippen LogP contribution in [0.2, 0.25) is 5.02 Å². The molecule has 0 unspecified atom stereocenters. The summed E-state index contributed by atoms with van der Waals surface area (Å²) in [5, 5.41) is 9.78. The number of nitrogens with zero attached hydrogens (tertiary/aromatic N) is 1. The SMILES string of the molecule is O=C(O)c1cccc(Cn2c(=O)[nH]c(=O)c3ccc(Cl)cc32)c1. The highest BCUT2D eigenvalue weighted by molar-refractivity contribution is 6.31. The largest absolute Gasteiger partial charge is 0.478 e. The van der Waals surface area contributed by atoms with Crippen molar-refractivity contribution < 1.29 is 9.90 Å². The number of carboxylic acid groups (broad SMARTS) is 1. The second kappa shape index (κ2) is 5.73. The summed E-state index contributed by atoms with van der Waals surface area (Å²) in [6.07, 6.45) is 0. The van der Waals surface area contributed by atoms with Gasteiger partial charge in [0.15, 0.2) is 0 Å². The fourth-order valence-corrected chi connectivity index (χ4v) is 2.57. The molecule has 0 radical (unpaired) electrons. The molecule has 0 amide bonds. The van der Waals surface area contributed by atoms with Gasteiger partial charge in [0.2, 0.25) is 0 Å². The van der Waals surface area contributed by atoms with Crippen LogP contribution in [0.15, 0.2) is 52.1 Å². The minimum Gasteiger partial charge on any atom is -0.478 e. The first-order valence-electron chi connectivity index (χ1n) is 6.70. The summed E-state index contributed by atoms with van der Waals surface area (Å²) in [4.78, 5) is 37.3. The van der Waals surface area contributed by atoms with E-state index in [9.17, 15) is 14.4 Å². The summed E-state index contributed by atoms with van der Waals surface area (Å²) in [5.74, 6) is -1.05. The Bertz CT molecular complexity index is 1040. The lowest BCUT2D eigenvalue weighted by Crippen LogP contribution is -2.30. The first-order valence-corrected chi connectivity index (χ1v) is 7.08. The van der Waals surface area contributed by atoms with E-state index in [1.54, 1.807) is 24.3 Å². The molecule has 2 N–H and O–H groups in total. The molecule has 116 valence electrons. The zero-order valence-electron chi connectivity index (χ0n) is 11.7. The van der Waals surface area contributed by atoms with Gasteiger partial charge in [-0.2, -0.15) is 0 Å². The van der Waals surface area contributed by atoms with E-state index in [4.69, 9.17) is 16.7 Å². The average Bonchev–Trinajstić information content (AvgIpc) is 2.51. The first-order chi connectivity index (χ1) is 11.0. The number of nitrogens with one attached hydrogen (secondary N) is 1. The quantitative estimate of drug-likeness (QED) is 0.769. The molecule has 3 rings (SSSR count). The van der Waals surface area contributed by atoms with Crippen molar-refractivity contribution >= 4 is 28.5 Å². The number of benzene rings is 2. The maximum absolute atomic E-state index is 12.1. The molecule has 0 aliphatic rings. The lowest BCUT2D eigenvalue weighted by molar-refractivity contribution is 0.0696. The monoisotopic (exact) mass is 330 g/mol. The molecule has 0 bridgehead atoms. The number of hydrogen-bond acceptors (Lipinski definition) is 3. The molecule has 23 heavy (non-hydrogen) atoms. The Morgan fingerprint density at radius 1 is 1.17 bits per heavy atom. The molecule has 0 saturated heterocycles. The van der Waals surface area contributed by atoms with Crippen LogP contribution in [0, 0.1) is 0 Å². The van der Waals surface area contributed by atoms with Gasteiger partial charge in [-0.05, 0) is 35.9 Å². The summed E-state index contributed by atoms with van der Waals surface area (Å²) in [5.41, 5.74) is 0.0808. The summed E-state index contributed by atoms with van der Waals surface area (Å²) >= 11 is 5.96. The Labute approximate surface area is 134 Å². The maximum Gasteiger partial charge on any atom is 0.335 e. The van der Waals surface area contributed by atoms with Crippen LogP contribution in [-0.4, -0.2) is 20.6 Å². The average molecular weight is 331 g/mol. The third kappa shape index (κ3) is 2.89. The molecule has 0 spiro atoms. The van der Waals surface area contributed by atoms with E-state index >= 15 is 0 Å². The molecule has 7 heteroatoms. The van der Waals surface area contributed by atoms with Crippen molar-refractivity contribution in [1.29, 1.82) is 0 Å². The van der Waals surface area contributed by atoms with Gasteiger partial charge in [-0.25, -0.2) is 9.59 Å². The lowest BCUT2D eigenvalue weighted by atomic mass is 10.1. The molecule has 3 aromatic rings. The normalized spacial score (nSPS) is 10.8. The Morgan fingerprint density at radius 3 is 2.70 bits per heavy atom. The number of H-pyrrole nitrogens is 1. The fraction of sp³-hybridized carbons (Fsp3) is 0.0625. The highest BCUT2D eigenvalue weighted by Gasteiger charge is 2.10. The van der Waals surface area contributed by atoms with Gasteiger partial charge in [-0.1, -0.05) is 23.7 Å². The predicted octanol–water partition coefficient (Wildman–Crippen LogP) is 2.09. The van der Waals surface area contributed by atoms with Crippen LogP contribution in [0.5, 0.6) is 0 Å². The van der Waals surface area contributed by atoms with Gasteiger partial charge in [0.1, 0.15) is 0 Å². The third-order valence-corrected chi connectivity index (χ3v) is 3.71. The van der Waals surface area contributed by atoms with E-state index in [-0.39, 0.29) is 12.1 Å². The van der Waals surface area contributed by atoms with Crippen LogP contribution in [0.3, 0.4) is 0 Å². The van der Waals surface area contributed by atoms with Crippen molar-refractivity contribution in [2.75, 3.05) is 0 Å². The third-order valence-electron chi connectivity index (χ3n) is 3.48. The molecule has 0 fully saturated rings. The molecular weight excluding hydrogens is 320 g/mol. The number of aromatic nitrogens is 2. The highest BCUT2D eigenvalue weighted by atomic mass is 35.5. The van der Waals surface area contributed by atoms with Crippen molar-refractivity contribution in [3.05, 3.63) is 79.5 Å². The summed E-state index contributed by atoms with van der Waals surface area (Å²) < 4.78 is 1.35. The highest BCUT2D eigenvalue weighted by Crippen LogP contribution is 2.16. The van der Waals surface area contributed by atoms with E-state index in [1.165, 1.54) is 22.8 Å². The Balaban J connectivity index is 2.19. The van der Waals surface area contributed by atoms with E-state index in [0.717, 1.165) is 0 Å². The van der Waals surface area contributed by atoms with Crippen molar-refractivity contribution in [2.45, 2.75) is 6.54 Å². The molecule has 2 aromatic carbocycles. The fourth-order valence-electron chi connectivity index (χ4n) is 2.40. The maximum atomic E-state index is 12.1. The van der Waals surface area contributed by atoms with Gasteiger partial charge in [-0.3, -0.25) is 14.3 Å². The van der Waals surface area contributed by atoms with Crippen LogP contribution in [0.4, 0.5) is 0 Å². The second-order valence-electron chi connectivity index (χ2n) is 5.01. The number of aromatic carboxylic acids is 1. The van der Waals surface area contributed by atoms with Crippen LogP contribution < -0.4 is 11.2 Å². The molecule has 0 saturated carbocycles. The van der Waals surface area contributed by atoms with Gasteiger partial charge in [0, 0.05) is 5.02 Å². The predicted molar refractivity (Wildman–Crippen MR) is 86.3 cm³/mol. The summed E-state index contributed by atoms with van der Waals surface area (Å²) in [6, 6.07) is 10.9. The Hall–Kier alpha value is -2.86. The van der Waals surface area contributed by atoms with Crippen molar-refractivity contribution in [1.82, 2.24) is 9.55 Å². The number of carbonyl (C=O) groups is 1. The Kier molecular flexibility index (Phi) is 3.75. The van der Waals surface area contributed by atoms with E-state index in [2.05, 4.69) is 4.98 Å². The second-order valence-corrected chi connectivity index (χ2v) is 5.45. The smallest absolute Gasteiger partial charge is 0.335 e. The van der Waals surface area contributed by atoms with Gasteiger partial charge < -0.3 is 5.11 Å². The molecule has 6 nitrogen and oxygen atoms in total. The number of rotatable bonds is 3. The minimum absolute atomic E-state index is 0.119. The van der Waals surface area contributed by atoms with Crippen LogP contribution in [0.1, 0.15) is 15.9 Å².